The predicted octanol–water partition coefficient (Wildman–Crippen LogP) is 2.20. The Hall–Kier alpha value is -1.28. The van der Waals surface area contributed by atoms with Gasteiger partial charge in [-0.05, 0) is 44.1 Å². The van der Waals surface area contributed by atoms with Crippen LogP contribution in [-0.2, 0) is 0 Å². The molecule has 76 valence electrons. The van der Waals surface area contributed by atoms with Crippen molar-refractivity contribution in [3.8, 4) is 0 Å². The number of nitrogens with one attached hydrogen (secondary N) is 1. The zero-order valence-corrected chi connectivity index (χ0v) is 8.88. The van der Waals surface area contributed by atoms with Gasteiger partial charge in [0.1, 0.15) is 0 Å². The minimum Gasteiger partial charge on any atom is -0.398 e. The summed E-state index contributed by atoms with van der Waals surface area (Å²) in [5.74, 6) is 0. The molecule has 0 amide bonds. The minimum absolute atomic E-state index is 0.862. The molecule has 14 heavy (non-hydrogen) atoms. The van der Waals surface area contributed by atoms with Crippen LogP contribution in [0.4, 0.5) is 5.69 Å². The monoisotopic (exact) mass is 190 g/mol. The first kappa shape index (κ1) is 10.8. The van der Waals surface area contributed by atoms with Gasteiger partial charge in [-0.3, -0.25) is 0 Å². The summed E-state index contributed by atoms with van der Waals surface area (Å²) in [6.45, 7) is 3.03. The van der Waals surface area contributed by atoms with Gasteiger partial charge in [0.05, 0.1) is 0 Å². The molecule has 0 aliphatic carbocycles. The number of benzene rings is 1. The Morgan fingerprint density at radius 3 is 2.86 bits per heavy atom. The van der Waals surface area contributed by atoms with Crippen LogP contribution in [0, 0.1) is 6.92 Å². The standard InChI is InChI=1S/C12H18N2/c1-10-6-7-11(9-12(10)13)5-3-4-8-14-2/h3,5-7,9,14H,4,8,13H2,1-2H3. The van der Waals surface area contributed by atoms with Crippen molar-refractivity contribution in [2.75, 3.05) is 19.3 Å². The van der Waals surface area contributed by atoms with Crippen molar-refractivity contribution in [3.05, 3.63) is 35.4 Å². The molecule has 0 fully saturated rings. The third-order valence-electron chi connectivity index (χ3n) is 2.17. The molecule has 2 heteroatoms. The summed E-state index contributed by atoms with van der Waals surface area (Å²) >= 11 is 0. The third-order valence-corrected chi connectivity index (χ3v) is 2.17. The van der Waals surface area contributed by atoms with Gasteiger partial charge in [-0.1, -0.05) is 24.3 Å². The zero-order valence-electron chi connectivity index (χ0n) is 8.88. The van der Waals surface area contributed by atoms with E-state index in [4.69, 9.17) is 5.73 Å². The number of anilines is 1. The topological polar surface area (TPSA) is 38.0 Å². The fourth-order valence-electron chi connectivity index (χ4n) is 1.21. The molecule has 0 aliphatic rings. The molecule has 0 atom stereocenters. The highest BCUT2D eigenvalue weighted by Gasteiger charge is 1.92. The summed E-state index contributed by atoms with van der Waals surface area (Å²) in [5, 5.41) is 3.10. The van der Waals surface area contributed by atoms with Gasteiger partial charge < -0.3 is 11.1 Å². The molecule has 2 nitrogen and oxygen atoms in total. The average molecular weight is 190 g/mol. The molecule has 1 rings (SSSR count). The molecule has 0 spiro atoms. The summed E-state index contributed by atoms with van der Waals surface area (Å²) < 4.78 is 0. The SMILES string of the molecule is CNCCC=Cc1ccc(C)c(N)c1. The zero-order chi connectivity index (χ0) is 10.4. The number of nitrogens with two attached hydrogens (primary N) is 1. The summed E-state index contributed by atoms with van der Waals surface area (Å²) in [6.07, 6.45) is 5.30. The lowest BCUT2D eigenvalue weighted by molar-refractivity contribution is 0.809. The Morgan fingerprint density at radius 1 is 1.43 bits per heavy atom. The number of hydrogen-bond acceptors (Lipinski definition) is 2. The van der Waals surface area contributed by atoms with Gasteiger partial charge in [-0.25, -0.2) is 0 Å². The van der Waals surface area contributed by atoms with E-state index in [1.165, 1.54) is 5.56 Å². The van der Waals surface area contributed by atoms with E-state index in [0.29, 0.717) is 0 Å². The summed E-state index contributed by atoms with van der Waals surface area (Å²) in [4.78, 5) is 0. The predicted molar refractivity (Wildman–Crippen MR) is 63.2 cm³/mol. The van der Waals surface area contributed by atoms with Gasteiger partial charge >= 0.3 is 0 Å². The Kier molecular flexibility index (Phi) is 4.20. The summed E-state index contributed by atoms with van der Waals surface area (Å²) in [7, 11) is 1.96. The Morgan fingerprint density at radius 2 is 2.21 bits per heavy atom. The molecular weight excluding hydrogens is 172 g/mol. The van der Waals surface area contributed by atoms with Gasteiger partial charge in [0.2, 0.25) is 0 Å². The van der Waals surface area contributed by atoms with Crippen LogP contribution in [-0.4, -0.2) is 13.6 Å². The maximum Gasteiger partial charge on any atom is 0.0349 e. The second kappa shape index (κ2) is 5.45. The highest BCUT2D eigenvalue weighted by molar-refractivity contribution is 5.58. The van der Waals surface area contributed by atoms with E-state index in [1.54, 1.807) is 0 Å². The molecule has 1 aromatic rings. The molecule has 1 aromatic carbocycles. The Labute approximate surface area is 85.8 Å². The first-order chi connectivity index (χ1) is 6.74. The Balaban J connectivity index is 2.59. The Bertz CT molecular complexity index is 316. The van der Waals surface area contributed by atoms with Crippen LogP contribution in [0.3, 0.4) is 0 Å². The highest BCUT2D eigenvalue weighted by atomic mass is 14.8. The van der Waals surface area contributed by atoms with E-state index in [2.05, 4.69) is 23.5 Å². The fourth-order valence-corrected chi connectivity index (χ4v) is 1.21. The van der Waals surface area contributed by atoms with E-state index in [9.17, 15) is 0 Å². The van der Waals surface area contributed by atoms with Gasteiger partial charge in [-0.15, -0.1) is 0 Å². The van der Waals surface area contributed by atoms with Crippen LogP contribution in [0.5, 0.6) is 0 Å². The molecule has 0 saturated heterocycles. The van der Waals surface area contributed by atoms with Crippen molar-refractivity contribution in [1.82, 2.24) is 5.32 Å². The van der Waals surface area contributed by atoms with Crippen molar-refractivity contribution in [1.29, 1.82) is 0 Å². The number of hydrogen-bond donors (Lipinski definition) is 2. The van der Waals surface area contributed by atoms with Gasteiger partial charge in [0, 0.05) is 5.69 Å². The van der Waals surface area contributed by atoms with Gasteiger partial charge in [0.15, 0.2) is 0 Å². The quantitative estimate of drug-likeness (QED) is 0.564. The number of rotatable bonds is 4. The van der Waals surface area contributed by atoms with Crippen molar-refractivity contribution in [2.45, 2.75) is 13.3 Å². The first-order valence-corrected chi connectivity index (χ1v) is 4.91. The lowest BCUT2D eigenvalue weighted by Gasteiger charge is -2.00. The summed E-state index contributed by atoms with van der Waals surface area (Å²) in [5.41, 5.74) is 8.97. The third kappa shape index (κ3) is 3.23. The maximum atomic E-state index is 5.80. The van der Waals surface area contributed by atoms with Crippen LogP contribution >= 0.6 is 0 Å². The minimum atomic E-state index is 0.862. The molecule has 0 unspecified atom stereocenters. The molecule has 0 aliphatic heterocycles. The second-order valence-electron chi connectivity index (χ2n) is 3.41. The lowest BCUT2D eigenvalue weighted by Crippen LogP contribution is -2.05. The van der Waals surface area contributed by atoms with Crippen molar-refractivity contribution in [2.24, 2.45) is 0 Å². The normalized spacial score (nSPS) is 11.0. The first-order valence-electron chi connectivity index (χ1n) is 4.91. The maximum absolute atomic E-state index is 5.80. The number of nitrogen functional groups attached to an aromatic ring is 1. The largest absolute Gasteiger partial charge is 0.398 e. The van der Waals surface area contributed by atoms with E-state index in [0.717, 1.165) is 24.2 Å². The highest BCUT2D eigenvalue weighted by Crippen LogP contribution is 2.13. The van der Waals surface area contributed by atoms with Gasteiger partial charge in [-0.2, -0.15) is 0 Å². The fraction of sp³-hybridized carbons (Fsp3) is 0.333. The van der Waals surface area contributed by atoms with Gasteiger partial charge in [0.25, 0.3) is 0 Å². The number of aryl methyl sites for hydroxylation is 1. The van der Waals surface area contributed by atoms with Crippen LogP contribution in [0.1, 0.15) is 17.5 Å². The van der Waals surface area contributed by atoms with Crippen LogP contribution in [0.15, 0.2) is 24.3 Å². The average Bonchev–Trinajstić information content (AvgIpc) is 2.18. The molecule has 0 radical (unpaired) electrons. The molecule has 0 bridgehead atoms. The van der Waals surface area contributed by atoms with E-state index >= 15 is 0 Å². The summed E-state index contributed by atoms with van der Waals surface area (Å²) in [6, 6.07) is 6.14. The van der Waals surface area contributed by atoms with Crippen molar-refractivity contribution in [3.63, 3.8) is 0 Å². The van der Waals surface area contributed by atoms with E-state index in [-0.39, 0.29) is 0 Å². The van der Waals surface area contributed by atoms with Crippen molar-refractivity contribution >= 4 is 11.8 Å². The molecule has 0 heterocycles. The smallest absolute Gasteiger partial charge is 0.0349 e. The van der Waals surface area contributed by atoms with Crippen LogP contribution in [0.25, 0.3) is 6.08 Å². The second-order valence-corrected chi connectivity index (χ2v) is 3.41. The van der Waals surface area contributed by atoms with Crippen LogP contribution in [0.2, 0.25) is 0 Å². The molecule has 3 N–H and O–H groups in total. The molecule has 0 aromatic heterocycles. The molecule has 0 saturated carbocycles. The molecular formula is C12H18N2. The lowest BCUT2D eigenvalue weighted by atomic mass is 10.1. The van der Waals surface area contributed by atoms with E-state index in [1.807, 2.05) is 26.1 Å². The van der Waals surface area contributed by atoms with Crippen LogP contribution < -0.4 is 11.1 Å². The van der Waals surface area contributed by atoms with Crippen molar-refractivity contribution < 1.29 is 0 Å². The van der Waals surface area contributed by atoms with E-state index < -0.39 is 0 Å².